The van der Waals surface area contributed by atoms with Gasteiger partial charge in [-0.25, -0.2) is 4.98 Å². The third-order valence-electron chi connectivity index (χ3n) is 4.16. The standard InChI is InChI=1S/C21H27N3O3/c1-16(2)22-13-17(25)14-27-19-9-7-18(8-10-19)26-12-11-24-15-23-20-5-3-4-6-21(20)24/h3-10,15-17,22,25H,11-14H2,1-2H3. The Morgan fingerprint density at radius 2 is 1.74 bits per heavy atom. The van der Waals surface area contributed by atoms with Crippen LogP contribution in [0.3, 0.4) is 0 Å². The summed E-state index contributed by atoms with van der Waals surface area (Å²) in [6.45, 7) is 6.15. The van der Waals surface area contributed by atoms with E-state index in [0.29, 0.717) is 24.9 Å². The lowest BCUT2D eigenvalue weighted by atomic mass is 10.3. The van der Waals surface area contributed by atoms with Crippen LogP contribution in [0.1, 0.15) is 13.8 Å². The number of ether oxygens (including phenoxy) is 2. The first-order valence-electron chi connectivity index (χ1n) is 9.29. The van der Waals surface area contributed by atoms with E-state index in [-0.39, 0.29) is 6.61 Å². The molecule has 0 aliphatic carbocycles. The van der Waals surface area contributed by atoms with Crippen molar-refractivity contribution in [3.8, 4) is 11.5 Å². The van der Waals surface area contributed by atoms with E-state index in [0.717, 1.165) is 23.3 Å². The first-order chi connectivity index (χ1) is 13.1. The van der Waals surface area contributed by atoms with E-state index >= 15 is 0 Å². The van der Waals surface area contributed by atoms with Crippen LogP contribution in [0.15, 0.2) is 54.9 Å². The molecule has 0 bridgehead atoms. The van der Waals surface area contributed by atoms with E-state index < -0.39 is 6.10 Å². The fourth-order valence-corrected chi connectivity index (χ4v) is 2.71. The molecule has 0 saturated heterocycles. The van der Waals surface area contributed by atoms with Crippen LogP contribution in [0.5, 0.6) is 11.5 Å². The van der Waals surface area contributed by atoms with Gasteiger partial charge in [0.2, 0.25) is 0 Å². The summed E-state index contributed by atoms with van der Waals surface area (Å²) in [6, 6.07) is 15.8. The number of hydrogen-bond acceptors (Lipinski definition) is 5. The number of fused-ring (bicyclic) bond motifs is 1. The predicted octanol–water partition coefficient (Wildman–Crippen LogP) is 2.85. The number of hydrogen-bond donors (Lipinski definition) is 2. The van der Waals surface area contributed by atoms with Crippen LogP contribution in [0.4, 0.5) is 0 Å². The predicted molar refractivity (Wildman–Crippen MR) is 106 cm³/mol. The van der Waals surface area contributed by atoms with Crippen LogP contribution in [0, 0.1) is 0 Å². The van der Waals surface area contributed by atoms with Gasteiger partial charge in [0.1, 0.15) is 30.8 Å². The van der Waals surface area contributed by atoms with Gasteiger partial charge in [0, 0.05) is 12.6 Å². The van der Waals surface area contributed by atoms with Crippen molar-refractivity contribution in [3.63, 3.8) is 0 Å². The smallest absolute Gasteiger partial charge is 0.119 e. The zero-order valence-electron chi connectivity index (χ0n) is 15.8. The van der Waals surface area contributed by atoms with Gasteiger partial charge in [-0.05, 0) is 36.4 Å². The molecule has 1 atom stereocenters. The van der Waals surface area contributed by atoms with Gasteiger partial charge in [-0.1, -0.05) is 26.0 Å². The SMILES string of the molecule is CC(C)NCC(O)COc1ccc(OCCn2cnc3ccccc32)cc1. The average molecular weight is 369 g/mol. The van der Waals surface area contributed by atoms with Gasteiger partial charge in [0.15, 0.2) is 0 Å². The van der Waals surface area contributed by atoms with Gasteiger partial charge in [0.05, 0.1) is 23.9 Å². The molecule has 1 unspecified atom stereocenters. The highest BCUT2D eigenvalue weighted by atomic mass is 16.5. The lowest BCUT2D eigenvalue weighted by Gasteiger charge is -2.15. The maximum Gasteiger partial charge on any atom is 0.119 e. The lowest BCUT2D eigenvalue weighted by molar-refractivity contribution is 0.104. The van der Waals surface area contributed by atoms with Crippen molar-refractivity contribution in [2.45, 2.75) is 32.5 Å². The summed E-state index contributed by atoms with van der Waals surface area (Å²) in [5, 5.41) is 13.1. The summed E-state index contributed by atoms with van der Waals surface area (Å²) in [5.41, 5.74) is 2.10. The second-order valence-corrected chi connectivity index (χ2v) is 6.77. The Morgan fingerprint density at radius 3 is 2.48 bits per heavy atom. The van der Waals surface area contributed by atoms with Gasteiger partial charge in [0.25, 0.3) is 0 Å². The van der Waals surface area contributed by atoms with Crippen molar-refractivity contribution in [3.05, 3.63) is 54.9 Å². The molecule has 1 aromatic heterocycles. The van der Waals surface area contributed by atoms with Crippen molar-refractivity contribution < 1.29 is 14.6 Å². The number of para-hydroxylation sites is 2. The van der Waals surface area contributed by atoms with Crippen LogP contribution < -0.4 is 14.8 Å². The Labute approximate surface area is 159 Å². The molecular weight excluding hydrogens is 342 g/mol. The van der Waals surface area contributed by atoms with Crippen LogP contribution >= 0.6 is 0 Å². The number of aromatic nitrogens is 2. The molecule has 1 heterocycles. The van der Waals surface area contributed by atoms with Gasteiger partial charge in [-0.15, -0.1) is 0 Å². The minimum Gasteiger partial charge on any atom is -0.492 e. The summed E-state index contributed by atoms with van der Waals surface area (Å²) < 4.78 is 13.5. The summed E-state index contributed by atoms with van der Waals surface area (Å²) in [5.74, 6) is 1.50. The Kier molecular flexibility index (Phi) is 6.68. The third-order valence-corrected chi connectivity index (χ3v) is 4.16. The first-order valence-corrected chi connectivity index (χ1v) is 9.29. The van der Waals surface area contributed by atoms with Crippen molar-refractivity contribution >= 4 is 11.0 Å². The summed E-state index contributed by atoms with van der Waals surface area (Å²) >= 11 is 0. The van der Waals surface area contributed by atoms with E-state index in [9.17, 15) is 5.11 Å². The highest BCUT2D eigenvalue weighted by Gasteiger charge is 2.06. The number of aliphatic hydroxyl groups excluding tert-OH is 1. The van der Waals surface area contributed by atoms with Crippen molar-refractivity contribution in [2.75, 3.05) is 19.8 Å². The number of nitrogens with one attached hydrogen (secondary N) is 1. The van der Waals surface area contributed by atoms with Crippen molar-refractivity contribution in [2.24, 2.45) is 0 Å². The molecule has 6 heteroatoms. The molecule has 0 radical (unpaired) electrons. The van der Waals surface area contributed by atoms with Crippen LogP contribution in [0.2, 0.25) is 0 Å². The number of nitrogens with zero attached hydrogens (tertiary/aromatic N) is 2. The molecule has 0 spiro atoms. The minimum atomic E-state index is -0.534. The minimum absolute atomic E-state index is 0.258. The summed E-state index contributed by atoms with van der Waals surface area (Å²) in [7, 11) is 0. The molecule has 6 nitrogen and oxygen atoms in total. The second-order valence-electron chi connectivity index (χ2n) is 6.77. The third kappa shape index (κ3) is 5.70. The fraction of sp³-hybridized carbons (Fsp3) is 0.381. The Morgan fingerprint density at radius 1 is 1.04 bits per heavy atom. The van der Waals surface area contributed by atoms with Crippen molar-refractivity contribution in [1.29, 1.82) is 0 Å². The maximum atomic E-state index is 9.88. The van der Waals surface area contributed by atoms with Gasteiger partial charge in [-0.3, -0.25) is 0 Å². The Bertz CT molecular complexity index is 830. The molecule has 2 N–H and O–H groups in total. The molecule has 144 valence electrons. The molecular formula is C21H27N3O3. The van der Waals surface area contributed by atoms with Gasteiger partial charge in [-0.2, -0.15) is 0 Å². The molecule has 0 amide bonds. The van der Waals surface area contributed by atoms with E-state index in [1.165, 1.54) is 0 Å². The molecule has 0 aliphatic heterocycles. The van der Waals surface area contributed by atoms with E-state index in [1.54, 1.807) is 0 Å². The maximum absolute atomic E-state index is 9.88. The molecule has 0 fully saturated rings. The molecule has 3 rings (SSSR count). The summed E-state index contributed by atoms with van der Waals surface area (Å²) in [6.07, 6.45) is 1.30. The van der Waals surface area contributed by atoms with Crippen LogP contribution in [-0.4, -0.2) is 46.6 Å². The van der Waals surface area contributed by atoms with Crippen LogP contribution in [-0.2, 0) is 6.54 Å². The van der Waals surface area contributed by atoms with E-state index in [2.05, 4.69) is 20.9 Å². The van der Waals surface area contributed by atoms with Crippen LogP contribution in [0.25, 0.3) is 11.0 Å². The fourth-order valence-electron chi connectivity index (χ4n) is 2.71. The van der Waals surface area contributed by atoms with Gasteiger partial charge < -0.3 is 24.5 Å². The summed E-state index contributed by atoms with van der Waals surface area (Å²) in [4.78, 5) is 4.38. The Balaban J connectivity index is 1.42. The topological polar surface area (TPSA) is 68.5 Å². The normalized spacial score (nSPS) is 12.4. The number of benzene rings is 2. The zero-order chi connectivity index (χ0) is 19.1. The van der Waals surface area contributed by atoms with E-state index in [4.69, 9.17) is 9.47 Å². The molecule has 0 saturated carbocycles. The van der Waals surface area contributed by atoms with E-state index in [1.807, 2.05) is 62.6 Å². The molecule has 27 heavy (non-hydrogen) atoms. The molecule has 2 aromatic carbocycles. The number of aliphatic hydroxyl groups is 1. The largest absolute Gasteiger partial charge is 0.492 e. The van der Waals surface area contributed by atoms with Gasteiger partial charge >= 0.3 is 0 Å². The number of rotatable bonds is 10. The first kappa shape index (κ1) is 19.2. The monoisotopic (exact) mass is 369 g/mol. The Hall–Kier alpha value is -2.57. The number of imidazole rings is 1. The lowest BCUT2D eigenvalue weighted by Crippen LogP contribution is -2.35. The zero-order valence-corrected chi connectivity index (χ0v) is 15.8. The average Bonchev–Trinajstić information content (AvgIpc) is 3.09. The molecule has 3 aromatic rings. The van der Waals surface area contributed by atoms with Crippen molar-refractivity contribution in [1.82, 2.24) is 14.9 Å². The highest BCUT2D eigenvalue weighted by molar-refractivity contribution is 5.74. The second kappa shape index (κ2) is 9.39. The highest BCUT2D eigenvalue weighted by Crippen LogP contribution is 2.18. The molecule has 0 aliphatic rings. The quantitative estimate of drug-likeness (QED) is 0.575.